The molecular formula is C25H26N4O2. The Morgan fingerprint density at radius 3 is 2.58 bits per heavy atom. The van der Waals surface area contributed by atoms with Crippen LogP contribution in [0.3, 0.4) is 0 Å². The SMILES string of the molecule is Cc1cccc(C)c1OCCn1c(C(C)NC(=O)c2cccnc2)nc2ccccc21. The van der Waals surface area contributed by atoms with E-state index in [9.17, 15) is 4.79 Å². The van der Waals surface area contributed by atoms with E-state index in [2.05, 4.69) is 40.8 Å². The quantitative estimate of drug-likeness (QED) is 0.479. The van der Waals surface area contributed by atoms with Crippen molar-refractivity contribution in [2.45, 2.75) is 33.4 Å². The predicted molar refractivity (Wildman–Crippen MR) is 121 cm³/mol. The molecule has 2 aromatic heterocycles. The number of para-hydroxylation sites is 3. The molecule has 0 spiro atoms. The van der Waals surface area contributed by atoms with E-state index in [1.54, 1.807) is 24.5 Å². The summed E-state index contributed by atoms with van der Waals surface area (Å²) in [5.74, 6) is 1.54. The van der Waals surface area contributed by atoms with Gasteiger partial charge in [-0.05, 0) is 56.2 Å². The van der Waals surface area contributed by atoms with Crippen molar-refractivity contribution < 1.29 is 9.53 Å². The van der Waals surface area contributed by atoms with Crippen LogP contribution >= 0.6 is 0 Å². The molecule has 6 heteroatoms. The Morgan fingerprint density at radius 2 is 1.84 bits per heavy atom. The van der Waals surface area contributed by atoms with E-state index in [1.807, 2.05) is 37.3 Å². The molecule has 158 valence electrons. The second-order valence-corrected chi connectivity index (χ2v) is 7.62. The summed E-state index contributed by atoms with van der Waals surface area (Å²) < 4.78 is 8.25. The third kappa shape index (κ3) is 4.43. The van der Waals surface area contributed by atoms with Crippen molar-refractivity contribution in [2.24, 2.45) is 0 Å². The minimum Gasteiger partial charge on any atom is -0.491 e. The minimum atomic E-state index is -0.277. The molecule has 1 atom stereocenters. The van der Waals surface area contributed by atoms with Gasteiger partial charge >= 0.3 is 0 Å². The molecule has 0 aliphatic carbocycles. The first-order valence-corrected chi connectivity index (χ1v) is 10.4. The number of aryl methyl sites for hydroxylation is 2. The number of pyridine rings is 1. The van der Waals surface area contributed by atoms with Gasteiger partial charge in [0.2, 0.25) is 0 Å². The van der Waals surface area contributed by atoms with E-state index in [0.717, 1.165) is 33.7 Å². The summed E-state index contributed by atoms with van der Waals surface area (Å²) in [6, 6.07) is 17.3. The number of nitrogens with zero attached hydrogens (tertiary/aromatic N) is 3. The summed E-state index contributed by atoms with van der Waals surface area (Å²) in [4.78, 5) is 21.4. The Kier molecular flexibility index (Phi) is 5.98. The number of hydrogen-bond donors (Lipinski definition) is 1. The van der Waals surface area contributed by atoms with Crippen molar-refractivity contribution in [1.29, 1.82) is 0 Å². The van der Waals surface area contributed by atoms with E-state index in [1.165, 1.54) is 0 Å². The molecule has 4 rings (SSSR count). The van der Waals surface area contributed by atoms with Gasteiger partial charge in [0.25, 0.3) is 5.91 Å². The first-order chi connectivity index (χ1) is 15.0. The summed E-state index contributed by atoms with van der Waals surface area (Å²) in [6.07, 6.45) is 3.21. The maximum absolute atomic E-state index is 12.6. The highest BCUT2D eigenvalue weighted by Crippen LogP contribution is 2.24. The van der Waals surface area contributed by atoms with E-state index < -0.39 is 0 Å². The van der Waals surface area contributed by atoms with Crippen LogP contribution in [0.2, 0.25) is 0 Å². The summed E-state index contributed by atoms with van der Waals surface area (Å²) >= 11 is 0. The molecule has 0 saturated carbocycles. The largest absolute Gasteiger partial charge is 0.491 e. The van der Waals surface area contributed by atoms with Crippen LogP contribution in [0.1, 0.15) is 40.3 Å². The van der Waals surface area contributed by atoms with Crippen LogP contribution in [0.25, 0.3) is 11.0 Å². The average molecular weight is 415 g/mol. The number of imidazole rings is 1. The molecule has 2 aromatic carbocycles. The molecule has 4 aromatic rings. The lowest BCUT2D eigenvalue weighted by Gasteiger charge is -2.17. The Morgan fingerprint density at radius 1 is 1.06 bits per heavy atom. The van der Waals surface area contributed by atoms with E-state index in [4.69, 9.17) is 9.72 Å². The van der Waals surface area contributed by atoms with Crippen LogP contribution in [0.15, 0.2) is 67.0 Å². The number of carbonyl (C=O) groups is 1. The van der Waals surface area contributed by atoms with Crippen molar-refractivity contribution in [3.63, 3.8) is 0 Å². The van der Waals surface area contributed by atoms with Crippen LogP contribution in [-0.4, -0.2) is 27.0 Å². The average Bonchev–Trinajstić information content (AvgIpc) is 3.15. The highest BCUT2D eigenvalue weighted by Gasteiger charge is 2.19. The van der Waals surface area contributed by atoms with Gasteiger partial charge in [-0.25, -0.2) is 4.98 Å². The molecule has 1 amide bonds. The zero-order chi connectivity index (χ0) is 21.8. The van der Waals surface area contributed by atoms with Gasteiger partial charge in [0.1, 0.15) is 18.2 Å². The van der Waals surface area contributed by atoms with E-state index >= 15 is 0 Å². The fourth-order valence-electron chi connectivity index (χ4n) is 3.77. The molecular weight excluding hydrogens is 388 g/mol. The van der Waals surface area contributed by atoms with Gasteiger partial charge < -0.3 is 14.6 Å². The third-order valence-electron chi connectivity index (χ3n) is 5.31. The highest BCUT2D eigenvalue weighted by molar-refractivity contribution is 5.94. The van der Waals surface area contributed by atoms with Crippen molar-refractivity contribution in [3.8, 4) is 5.75 Å². The van der Waals surface area contributed by atoms with Gasteiger partial charge in [0.15, 0.2) is 0 Å². The molecule has 2 heterocycles. The highest BCUT2D eigenvalue weighted by atomic mass is 16.5. The fraction of sp³-hybridized carbons (Fsp3) is 0.240. The first-order valence-electron chi connectivity index (χ1n) is 10.4. The second kappa shape index (κ2) is 9.00. The molecule has 0 fully saturated rings. The monoisotopic (exact) mass is 414 g/mol. The Labute approximate surface area is 181 Å². The zero-order valence-electron chi connectivity index (χ0n) is 18.0. The lowest BCUT2D eigenvalue weighted by molar-refractivity contribution is 0.0937. The first kappa shape index (κ1) is 20.6. The molecule has 0 aliphatic rings. The molecule has 0 saturated heterocycles. The van der Waals surface area contributed by atoms with E-state index in [-0.39, 0.29) is 11.9 Å². The van der Waals surface area contributed by atoms with Gasteiger partial charge in [-0.1, -0.05) is 30.3 Å². The molecule has 31 heavy (non-hydrogen) atoms. The van der Waals surface area contributed by atoms with Crippen LogP contribution in [0.4, 0.5) is 0 Å². The summed E-state index contributed by atoms with van der Waals surface area (Å²) in [6.45, 7) is 7.17. The third-order valence-corrected chi connectivity index (χ3v) is 5.31. The number of hydrogen-bond acceptors (Lipinski definition) is 4. The van der Waals surface area contributed by atoms with Gasteiger partial charge in [0, 0.05) is 12.4 Å². The standard InChI is InChI=1S/C25H26N4O2/c1-17-8-6-9-18(2)23(17)31-15-14-29-22-12-5-4-11-21(22)28-24(29)19(3)27-25(30)20-10-7-13-26-16-20/h4-13,16,19H,14-15H2,1-3H3,(H,27,30). The van der Waals surface area contributed by atoms with Crippen molar-refractivity contribution in [1.82, 2.24) is 19.9 Å². The number of amides is 1. The van der Waals surface area contributed by atoms with E-state index in [0.29, 0.717) is 18.7 Å². The lowest BCUT2D eigenvalue weighted by Crippen LogP contribution is -2.29. The van der Waals surface area contributed by atoms with Crippen LogP contribution in [0.5, 0.6) is 5.75 Å². The van der Waals surface area contributed by atoms with Crippen LogP contribution < -0.4 is 10.1 Å². The fourth-order valence-corrected chi connectivity index (χ4v) is 3.77. The number of benzene rings is 2. The molecule has 0 bridgehead atoms. The van der Waals surface area contributed by atoms with Crippen molar-refractivity contribution >= 4 is 16.9 Å². The van der Waals surface area contributed by atoms with Crippen LogP contribution in [-0.2, 0) is 6.54 Å². The predicted octanol–water partition coefficient (Wildman–Crippen LogP) is 4.62. The van der Waals surface area contributed by atoms with Gasteiger partial charge in [0.05, 0.1) is 29.2 Å². The second-order valence-electron chi connectivity index (χ2n) is 7.62. The Bertz CT molecular complexity index is 1180. The Hall–Kier alpha value is -3.67. The molecule has 6 nitrogen and oxygen atoms in total. The summed E-state index contributed by atoms with van der Waals surface area (Å²) in [5, 5.41) is 3.04. The van der Waals surface area contributed by atoms with Gasteiger partial charge in [-0.2, -0.15) is 0 Å². The number of nitrogens with one attached hydrogen (secondary N) is 1. The number of ether oxygens (including phenoxy) is 1. The maximum Gasteiger partial charge on any atom is 0.253 e. The topological polar surface area (TPSA) is 69.0 Å². The zero-order valence-corrected chi connectivity index (χ0v) is 18.0. The smallest absolute Gasteiger partial charge is 0.253 e. The number of aromatic nitrogens is 3. The summed E-state index contributed by atoms with van der Waals surface area (Å²) in [5.41, 5.74) is 4.67. The lowest BCUT2D eigenvalue weighted by atomic mass is 10.1. The Balaban J connectivity index is 1.56. The minimum absolute atomic E-state index is 0.175. The maximum atomic E-state index is 12.6. The van der Waals surface area contributed by atoms with Crippen LogP contribution in [0, 0.1) is 13.8 Å². The number of carbonyl (C=O) groups excluding carboxylic acids is 1. The molecule has 0 aliphatic heterocycles. The molecule has 1 unspecified atom stereocenters. The van der Waals surface area contributed by atoms with Crippen molar-refractivity contribution in [2.75, 3.05) is 6.61 Å². The number of rotatable bonds is 7. The van der Waals surface area contributed by atoms with Crippen molar-refractivity contribution in [3.05, 3.63) is 89.5 Å². The summed E-state index contributed by atoms with van der Waals surface area (Å²) in [7, 11) is 0. The van der Waals surface area contributed by atoms with Gasteiger partial charge in [-0.15, -0.1) is 0 Å². The van der Waals surface area contributed by atoms with Gasteiger partial charge in [-0.3, -0.25) is 9.78 Å². The number of fused-ring (bicyclic) bond motifs is 1. The molecule has 0 radical (unpaired) electrons. The normalized spacial score (nSPS) is 12.0. The molecule has 1 N–H and O–H groups in total.